The predicted octanol–water partition coefficient (Wildman–Crippen LogP) is 5.28. The second kappa shape index (κ2) is 6.96. The first-order valence-electron chi connectivity index (χ1n) is 8.12. The first-order valence-corrected chi connectivity index (χ1v) is 8.50. The molecule has 3 rings (SSSR count). The van der Waals surface area contributed by atoms with E-state index in [0.29, 0.717) is 29.7 Å². The summed E-state index contributed by atoms with van der Waals surface area (Å²) in [6.45, 7) is 4.27. The Morgan fingerprint density at radius 2 is 1.92 bits per heavy atom. The number of nitrogens with one attached hydrogen (secondary N) is 1. The van der Waals surface area contributed by atoms with Crippen LogP contribution >= 0.6 is 11.6 Å². The van der Waals surface area contributed by atoms with Crippen molar-refractivity contribution < 1.29 is 13.6 Å². The Labute approximate surface area is 150 Å². The highest BCUT2D eigenvalue weighted by Gasteiger charge is 2.20. The summed E-state index contributed by atoms with van der Waals surface area (Å²) in [5.41, 5.74) is 3.48. The average Bonchev–Trinajstić information content (AvgIpc) is 2.57. The molecule has 0 aliphatic carbocycles. The number of hydrogen-bond donors (Lipinski definition) is 1. The van der Waals surface area contributed by atoms with Gasteiger partial charge in [0.1, 0.15) is 11.6 Å². The van der Waals surface area contributed by atoms with Gasteiger partial charge in [-0.05, 0) is 79.3 Å². The smallest absolute Gasteiger partial charge is 0.247 e. The fraction of sp³-hybridized carbons (Fsp3) is 0.250. The van der Waals surface area contributed by atoms with Gasteiger partial charge in [-0.15, -0.1) is 0 Å². The predicted molar refractivity (Wildman–Crippen MR) is 96.4 cm³/mol. The zero-order valence-corrected chi connectivity index (χ0v) is 14.8. The Balaban J connectivity index is 2.18. The highest BCUT2D eigenvalue weighted by atomic mass is 35.5. The summed E-state index contributed by atoms with van der Waals surface area (Å²) >= 11 is 5.81. The first kappa shape index (κ1) is 17.6. The van der Waals surface area contributed by atoms with Gasteiger partial charge in [0.2, 0.25) is 5.91 Å². The Bertz CT molecular complexity index is 890. The Hall–Kier alpha value is -2.20. The second-order valence-electron chi connectivity index (χ2n) is 6.21. The van der Waals surface area contributed by atoms with E-state index in [1.807, 2.05) is 13.8 Å². The number of carbonyl (C=O) groups excluding carboxylic acids is 1. The minimum absolute atomic E-state index is 0.119. The van der Waals surface area contributed by atoms with Gasteiger partial charge < -0.3 is 5.32 Å². The summed E-state index contributed by atoms with van der Waals surface area (Å²) in [7, 11) is 0. The largest absolute Gasteiger partial charge is 0.352 e. The standard InChI is InChI=1S/C20H18ClF2NO/c1-11(15-4-3-7-24-20(15)25)17-9-14(22)10-18(12(17)2)16-6-5-13(21)8-19(16)23/h5-6,8-10H,3-4,7H2,1-2H3,(H,24,25)/b15-11+. The Morgan fingerprint density at radius 3 is 2.60 bits per heavy atom. The third-order valence-electron chi connectivity index (χ3n) is 4.61. The van der Waals surface area contributed by atoms with Crippen LogP contribution in [0.5, 0.6) is 0 Å². The van der Waals surface area contributed by atoms with Crippen molar-refractivity contribution in [3.63, 3.8) is 0 Å². The molecule has 2 aromatic rings. The van der Waals surface area contributed by atoms with Gasteiger partial charge in [0.05, 0.1) is 0 Å². The van der Waals surface area contributed by atoms with Crippen LogP contribution in [0.1, 0.15) is 30.9 Å². The molecule has 1 aliphatic rings. The highest BCUT2D eigenvalue weighted by Crippen LogP contribution is 2.34. The van der Waals surface area contributed by atoms with Crippen molar-refractivity contribution in [3.8, 4) is 11.1 Å². The number of rotatable bonds is 2. The molecule has 0 saturated carbocycles. The molecule has 0 unspecified atom stereocenters. The number of carbonyl (C=O) groups is 1. The third kappa shape index (κ3) is 3.45. The van der Waals surface area contributed by atoms with Crippen molar-refractivity contribution >= 4 is 23.1 Å². The molecule has 25 heavy (non-hydrogen) atoms. The van der Waals surface area contributed by atoms with Gasteiger partial charge in [-0.25, -0.2) is 8.78 Å². The maximum Gasteiger partial charge on any atom is 0.247 e. The van der Waals surface area contributed by atoms with Crippen molar-refractivity contribution in [1.29, 1.82) is 0 Å². The molecule has 130 valence electrons. The summed E-state index contributed by atoms with van der Waals surface area (Å²) in [4.78, 5) is 12.1. The van der Waals surface area contributed by atoms with E-state index in [0.717, 1.165) is 17.6 Å². The Morgan fingerprint density at radius 1 is 1.16 bits per heavy atom. The van der Waals surface area contributed by atoms with Gasteiger partial charge >= 0.3 is 0 Å². The van der Waals surface area contributed by atoms with Crippen molar-refractivity contribution in [3.05, 3.63) is 63.7 Å². The molecular weight excluding hydrogens is 344 g/mol. The van der Waals surface area contributed by atoms with Gasteiger partial charge in [0.25, 0.3) is 0 Å². The van der Waals surface area contributed by atoms with E-state index in [4.69, 9.17) is 11.6 Å². The Kier molecular flexibility index (Phi) is 4.91. The lowest BCUT2D eigenvalue weighted by atomic mass is 9.89. The lowest BCUT2D eigenvalue weighted by Crippen LogP contribution is -2.31. The molecule has 0 aromatic heterocycles. The fourth-order valence-corrected chi connectivity index (χ4v) is 3.42. The molecule has 1 N–H and O–H groups in total. The maximum absolute atomic E-state index is 14.3. The van der Waals surface area contributed by atoms with E-state index in [9.17, 15) is 13.6 Å². The van der Waals surface area contributed by atoms with E-state index in [1.165, 1.54) is 18.2 Å². The third-order valence-corrected chi connectivity index (χ3v) is 4.85. The molecule has 1 saturated heterocycles. The molecule has 0 atom stereocenters. The van der Waals surface area contributed by atoms with Gasteiger partial charge in [-0.2, -0.15) is 0 Å². The van der Waals surface area contributed by atoms with Crippen LogP contribution in [-0.4, -0.2) is 12.5 Å². The molecule has 1 heterocycles. The quantitative estimate of drug-likeness (QED) is 0.725. The van der Waals surface area contributed by atoms with E-state index in [1.54, 1.807) is 12.1 Å². The van der Waals surface area contributed by atoms with Crippen molar-refractivity contribution in [2.24, 2.45) is 0 Å². The average molecular weight is 362 g/mol. The fourth-order valence-electron chi connectivity index (χ4n) is 3.26. The summed E-state index contributed by atoms with van der Waals surface area (Å²) in [6.07, 6.45) is 1.50. The van der Waals surface area contributed by atoms with Crippen LogP contribution in [0.3, 0.4) is 0 Å². The molecule has 2 aromatic carbocycles. The van der Waals surface area contributed by atoms with Gasteiger partial charge in [0, 0.05) is 22.7 Å². The van der Waals surface area contributed by atoms with Gasteiger partial charge in [-0.1, -0.05) is 11.6 Å². The monoisotopic (exact) mass is 361 g/mol. The molecule has 2 nitrogen and oxygen atoms in total. The normalized spacial score (nSPS) is 16.6. The highest BCUT2D eigenvalue weighted by molar-refractivity contribution is 6.30. The number of halogens is 3. The van der Waals surface area contributed by atoms with E-state index < -0.39 is 11.6 Å². The van der Waals surface area contributed by atoms with Gasteiger partial charge in [0.15, 0.2) is 0 Å². The van der Waals surface area contributed by atoms with E-state index >= 15 is 0 Å². The molecule has 5 heteroatoms. The van der Waals surface area contributed by atoms with Crippen LogP contribution in [0, 0.1) is 18.6 Å². The lowest BCUT2D eigenvalue weighted by Gasteiger charge is -2.20. The zero-order chi connectivity index (χ0) is 18.1. The number of allylic oxidation sites excluding steroid dienone is 1. The van der Waals surface area contributed by atoms with Crippen LogP contribution in [0.2, 0.25) is 5.02 Å². The summed E-state index contributed by atoms with van der Waals surface area (Å²) in [5, 5.41) is 3.10. The summed E-state index contributed by atoms with van der Waals surface area (Å²) in [6, 6.07) is 7.03. The number of piperidine rings is 1. The van der Waals surface area contributed by atoms with Gasteiger partial charge in [-0.3, -0.25) is 4.79 Å². The van der Waals surface area contributed by atoms with E-state index in [-0.39, 0.29) is 16.5 Å². The molecule has 1 aliphatic heterocycles. The molecular formula is C20H18ClF2NO. The summed E-state index contributed by atoms with van der Waals surface area (Å²) < 4.78 is 28.6. The van der Waals surface area contributed by atoms with Crippen molar-refractivity contribution in [2.75, 3.05) is 6.54 Å². The molecule has 0 bridgehead atoms. The SMILES string of the molecule is C/C(=C1/CCCNC1=O)c1cc(F)cc(-c2ccc(Cl)cc2F)c1C. The minimum atomic E-state index is -0.507. The van der Waals surface area contributed by atoms with Crippen LogP contribution in [0.25, 0.3) is 16.7 Å². The minimum Gasteiger partial charge on any atom is -0.352 e. The first-order chi connectivity index (χ1) is 11.9. The molecule has 1 amide bonds. The van der Waals surface area contributed by atoms with Crippen molar-refractivity contribution in [1.82, 2.24) is 5.32 Å². The van der Waals surface area contributed by atoms with Crippen LogP contribution in [-0.2, 0) is 4.79 Å². The molecule has 0 radical (unpaired) electrons. The van der Waals surface area contributed by atoms with Crippen LogP contribution < -0.4 is 5.32 Å². The number of amides is 1. The summed E-state index contributed by atoms with van der Waals surface area (Å²) in [5.74, 6) is -1.10. The second-order valence-corrected chi connectivity index (χ2v) is 6.65. The molecule has 1 fully saturated rings. The van der Waals surface area contributed by atoms with E-state index in [2.05, 4.69) is 5.32 Å². The maximum atomic E-state index is 14.3. The van der Waals surface area contributed by atoms with Crippen molar-refractivity contribution in [2.45, 2.75) is 26.7 Å². The van der Waals surface area contributed by atoms with Crippen LogP contribution in [0.4, 0.5) is 8.78 Å². The topological polar surface area (TPSA) is 29.1 Å². The van der Waals surface area contributed by atoms with Crippen LogP contribution in [0.15, 0.2) is 35.9 Å². The zero-order valence-electron chi connectivity index (χ0n) is 14.1. The lowest BCUT2D eigenvalue weighted by molar-refractivity contribution is -0.118. The molecule has 0 spiro atoms. The number of hydrogen-bond acceptors (Lipinski definition) is 1. The number of benzene rings is 2.